The molecule has 5 nitrogen and oxygen atoms in total. The van der Waals surface area contributed by atoms with Gasteiger partial charge in [0.05, 0.1) is 27.9 Å². The number of hydrogen-bond acceptors (Lipinski definition) is 5. The lowest BCUT2D eigenvalue weighted by molar-refractivity contribution is 1.23. The van der Waals surface area contributed by atoms with E-state index in [-0.39, 0.29) is 5.95 Å². The Labute approximate surface area is 126 Å². The third kappa shape index (κ3) is 2.57. The van der Waals surface area contributed by atoms with Crippen LogP contribution in [0.3, 0.4) is 0 Å². The molecule has 2 aromatic carbocycles. The van der Waals surface area contributed by atoms with Gasteiger partial charge in [0.2, 0.25) is 5.95 Å². The van der Waals surface area contributed by atoms with Crippen molar-refractivity contribution in [2.45, 2.75) is 0 Å². The summed E-state index contributed by atoms with van der Waals surface area (Å²) >= 11 is 6.15. The number of nitrogens with zero attached hydrogens (tertiary/aromatic N) is 3. The summed E-state index contributed by atoms with van der Waals surface area (Å²) in [6, 6.07) is 14.6. The molecule has 0 saturated carbocycles. The van der Waals surface area contributed by atoms with E-state index >= 15 is 0 Å². The predicted octanol–water partition coefficient (Wildman–Crippen LogP) is 3.48. The molecule has 0 amide bonds. The lowest BCUT2D eigenvalue weighted by atomic mass is 10.2. The summed E-state index contributed by atoms with van der Waals surface area (Å²) in [7, 11) is 0. The number of benzene rings is 2. The maximum Gasteiger partial charge on any atom is 0.222 e. The van der Waals surface area contributed by atoms with Crippen LogP contribution in [0, 0.1) is 11.3 Å². The SMILES string of the molecule is N#Cc1ccc(Cl)c(Nc2nc(N)nc3ccccc23)c1. The van der Waals surface area contributed by atoms with Gasteiger partial charge in [0, 0.05) is 5.39 Å². The van der Waals surface area contributed by atoms with E-state index in [1.54, 1.807) is 18.2 Å². The normalized spacial score (nSPS) is 10.3. The second-order valence-corrected chi connectivity index (χ2v) is 4.79. The molecule has 0 aliphatic heterocycles. The molecule has 3 rings (SSSR count). The highest BCUT2D eigenvalue weighted by molar-refractivity contribution is 6.33. The number of nitrogens with two attached hydrogens (primary N) is 1. The minimum atomic E-state index is 0.170. The maximum absolute atomic E-state index is 8.97. The van der Waals surface area contributed by atoms with Crippen molar-refractivity contribution < 1.29 is 0 Å². The number of nitrogens with one attached hydrogen (secondary N) is 1. The van der Waals surface area contributed by atoms with Gasteiger partial charge in [0.25, 0.3) is 0 Å². The van der Waals surface area contributed by atoms with E-state index in [0.717, 1.165) is 10.9 Å². The van der Waals surface area contributed by atoms with E-state index in [2.05, 4.69) is 21.4 Å². The Balaban J connectivity index is 2.12. The standard InChI is InChI=1S/C15H10ClN5/c16-11-6-5-9(8-17)7-13(11)19-14-10-3-1-2-4-12(10)20-15(18)21-14/h1-7H,(H3,18,19,20,21). The Kier molecular flexibility index (Phi) is 3.30. The molecule has 102 valence electrons. The average molecular weight is 296 g/mol. The number of fused-ring (bicyclic) bond motifs is 1. The van der Waals surface area contributed by atoms with Crippen molar-refractivity contribution in [1.29, 1.82) is 5.26 Å². The Hall–Kier alpha value is -2.84. The van der Waals surface area contributed by atoms with E-state index < -0.39 is 0 Å². The van der Waals surface area contributed by atoms with Gasteiger partial charge in [-0.3, -0.25) is 0 Å². The fourth-order valence-electron chi connectivity index (χ4n) is 2.01. The first-order valence-corrected chi connectivity index (χ1v) is 6.54. The number of nitriles is 1. The number of halogens is 1. The fraction of sp³-hybridized carbons (Fsp3) is 0. The first-order chi connectivity index (χ1) is 10.2. The quantitative estimate of drug-likeness (QED) is 0.755. The van der Waals surface area contributed by atoms with Crippen molar-refractivity contribution in [1.82, 2.24) is 9.97 Å². The molecule has 3 N–H and O–H groups in total. The predicted molar refractivity (Wildman–Crippen MR) is 83.4 cm³/mol. The largest absolute Gasteiger partial charge is 0.368 e. The first-order valence-electron chi connectivity index (χ1n) is 6.16. The number of rotatable bonds is 2. The Bertz CT molecular complexity index is 870. The molecule has 1 heterocycles. The molecule has 0 atom stereocenters. The summed E-state index contributed by atoms with van der Waals surface area (Å²) in [5.74, 6) is 0.721. The van der Waals surface area contributed by atoms with Crippen LogP contribution in [0.5, 0.6) is 0 Å². The second-order valence-electron chi connectivity index (χ2n) is 4.38. The highest BCUT2D eigenvalue weighted by Gasteiger charge is 2.08. The average Bonchev–Trinajstić information content (AvgIpc) is 2.49. The van der Waals surface area contributed by atoms with Crippen LogP contribution in [0.15, 0.2) is 42.5 Å². The van der Waals surface area contributed by atoms with Crippen LogP contribution < -0.4 is 11.1 Å². The van der Waals surface area contributed by atoms with Crippen LogP contribution >= 0.6 is 11.6 Å². The molecule has 0 unspecified atom stereocenters. The first kappa shape index (κ1) is 13.2. The molecular formula is C15H10ClN5. The summed E-state index contributed by atoms with van der Waals surface area (Å²) in [6.07, 6.45) is 0. The van der Waals surface area contributed by atoms with Gasteiger partial charge in [-0.25, -0.2) is 4.98 Å². The molecule has 0 aliphatic rings. The third-order valence-corrected chi connectivity index (χ3v) is 3.30. The van der Waals surface area contributed by atoms with Gasteiger partial charge in [-0.15, -0.1) is 0 Å². The maximum atomic E-state index is 8.97. The number of hydrogen-bond donors (Lipinski definition) is 2. The van der Waals surface area contributed by atoms with E-state index in [4.69, 9.17) is 22.6 Å². The van der Waals surface area contributed by atoms with E-state index in [9.17, 15) is 0 Å². The van der Waals surface area contributed by atoms with Gasteiger partial charge < -0.3 is 11.1 Å². The topological polar surface area (TPSA) is 87.6 Å². The van der Waals surface area contributed by atoms with Gasteiger partial charge in [-0.2, -0.15) is 10.2 Å². The van der Waals surface area contributed by atoms with Crippen molar-refractivity contribution in [2.75, 3.05) is 11.1 Å². The van der Waals surface area contributed by atoms with Gasteiger partial charge in [-0.05, 0) is 30.3 Å². The van der Waals surface area contributed by atoms with Crippen molar-refractivity contribution in [3.8, 4) is 6.07 Å². The van der Waals surface area contributed by atoms with Crippen LogP contribution in [0.1, 0.15) is 5.56 Å². The number of anilines is 3. The van der Waals surface area contributed by atoms with Crippen LogP contribution in [-0.4, -0.2) is 9.97 Å². The Morgan fingerprint density at radius 2 is 1.95 bits per heavy atom. The van der Waals surface area contributed by atoms with Gasteiger partial charge in [0.1, 0.15) is 5.82 Å². The van der Waals surface area contributed by atoms with Crippen molar-refractivity contribution in [2.24, 2.45) is 0 Å². The molecule has 0 bridgehead atoms. The molecule has 0 aliphatic carbocycles. The monoisotopic (exact) mass is 295 g/mol. The van der Waals surface area contributed by atoms with E-state index in [0.29, 0.717) is 22.1 Å². The molecular weight excluding hydrogens is 286 g/mol. The zero-order valence-electron chi connectivity index (χ0n) is 10.8. The van der Waals surface area contributed by atoms with E-state index in [1.165, 1.54) is 0 Å². The number of aromatic nitrogens is 2. The summed E-state index contributed by atoms with van der Waals surface area (Å²) in [4.78, 5) is 8.38. The molecule has 0 fully saturated rings. The van der Waals surface area contributed by atoms with Crippen LogP contribution in [0.25, 0.3) is 10.9 Å². The summed E-state index contributed by atoms with van der Waals surface area (Å²) < 4.78 is 0. The highest BCUT2D eigenvalue weighted by atomic mass is 35.5. The summed E-state index contributed by atoms with van der Waals surface area (Å²) in [5.41, 5.74) is 7.56. The second kappa shape index (κ2) is 5.27. The lowest BCUT2D eigenvalue weighted by Gasteiger charge is -2.11. The minimum Gasteiger partial charge on any atom is -0.368 e. The minimum absolute atomic E-state index is 0.170. The molecule has 21 heavy (non-hydrogen) atoms. The Morgan fingerprint density at radius 1 is 1.14 bits per heavy atom. The summed E-state index contributed by atoms with van der Waals surface area (Å²) in [5, 5.41) is 13.4. The zero-order valence-corrected chi connectivity index (χ0v) is 11.6. The smallest absolute Gasteiger partial charge is 0.222 e. The van der Waals surface area contributed by atoms with Crippen molar-refractivity contribution in [3.63, 3.8) is 0 Å². The van der Waals surface area contributed by atoms with Gasteiger partial charge in [0.15, 0.2) is 0 Å². The number of nitrogen functional groups attached to an aromatic ring is 1. The number of para-hydroxylation sites is 1. The molecule has 0 spiro atoms. The van der Waals surface area contributed by atoms with Gasteiger partial charge >= 0.3 is 0 Å². The third-order valence-electron chi connectivity index (χ3n) is 2.97. The molecule has 0 radical (unpaired) electrons. The molecule has 1 aromatic heterocycles. The highest BCUT2D eigenvalue weighted by Crippen LogP contribution is 2.29. The summed E-state index contributed by atoms with van der Waals surface area (Å²) in [6.45, 7) is 0. The Morgan fingerprint density at radius 3 is 2.76 bits per heavy atom. The van der Waals surface area contributed by atoms with Crippen molar-refractivity contribution in [3.05, 3.63) is 53.1 Å². The van der Waals surface area contributed by atoms with Crippen LogP contribution in [0.4, 0.5) is 17.5 Å². The van der Waals surface area contributed by atoms with Crippen LogP contribution in [-0.2, 0) is 0 Å². The van der Waals surface area contributed by atoms with Crippen LogP contribution in [0.2, 0.25) is 5.02 Å². The van der Waals surface area contributed by atoms with Gasteiger partial charge in [-0.1, -0.05) is 23.7 Å². The van der Waals surface area contributed by atoms with Crippen molar-refractivity contribution >= 4 is 40.0 Å². The molecule has 0 saturated heterocycles. The lowest BCUT2D eigenvalue weighted by Crippen LogP contribution is -2.01. The fourth-order valence-corrected chi connectivity index (χ4v) is 2.17. The zero-order chi connectivity index (χ0) is 14.8. The van der Waals surface area contributed by atoms with E-state index in [1.807, 2.05) is 24.3 Å². The molecule has 6 heteroatoms. The molecule has 3 aromatic rings.